The number of aliphatic hydroxyl groups is 1. The first-order valence-electron chi connectivity index (χ1n) is 4.14. The first-order chi connectivity index (χ1) is 6.56. The number of aliphatic hydroxyl groups excluding tert-OH is 1. The van der Waals surface area contributed by atoms with Gasteiger partial charge in [-0.2, -0.15) is 0 Å². The summed E-state index contributed by atoms with van der Waals surface area (Å²) in [4.78, 5) is 0.223. The van der Waals surface area contributed by atoms with Crippen LogP contribution in [0.1, 0.15) is 0 Å². The Labute approximate surface area is 83.6 Å². The van der Waals surface area contributed by atoms with Gasteiger partial charge in [0.15, 0.2) is 9.84 Å². The quantitative estimate of drug-likeness (QED) is 0.758. The first-order valence-corrected chi connectivity index (χ1v) is 5.80. The summed E-state index contributed by atoms with van der Waals surface area (Å²) in [5.74, 6) is -0.319. The van der Waals surface area contributed by atoms with Crippen molar-refractivity contribution in [2.45, 2.75) is 11.0 Å². The van der Waals surface area contributed by atoms with Crippen LogP contribution in [0.4, 0.5) is 0 Å². The molecule has 0 radical (unpaired) electrons. The van der Waals surface area contributed by atoms with Crippen molar-refractivity contribution in [3.05, 3.63) is 43.0 Å². The molecule has 0 aromatic heterocycles. The minimum absolute atomic E-state index is 0.223. The molecule has 1 aromatic rings. The summed E-state index contributed by atoms with van der Waals surface area (Å²) in [5.41, 5.74) is 0. The minimum atomic E-state index is -3.39. The smallest absolute Gasteiger partial charge is 0.181 e. The van der Waals surface area contributed by atoms with Gasteiger partial charge in [-0.15, -0.1) is 6.58 Å². The fraction of sp³-hybridized carbons (Fsp3) is 0.200. The molecule has 14 heavy (non-hydrogen) atoms. The average Bonchev–Trinajstić information content (AvgIpc) is 2.18. The van der Waals surface area contributed by atoms with Crippen LogP contribution in [0.25, 0.3) is 0 Å². The molecular weight excluding hydrogens is 200 g/mol. The Morgan fingerprint density at radius 3 is 2.43 bits per heavy atom. The van der Waals surface area contributed by atoms with Gasteiger partial charge in [0.1, 0.15) is 0 Å². The van der Waals surface area contributed by atoms with E-state index in [1.54, 1.807) is 18.2 Å². The minimum Gasteiger partial charge on any atom is -0.388 e. The maximum absolute atomic E-state index is 11.6. The standard InChI is InChI=1S/C10H12O3S/c1-2-9(11)8-14(12,13)10-6-4-3-5-7-10/h2-7,9,11H,1,8H2. The van der Waals surface area contributed by atoms with Crippen molar-refractivity contribution in [3.8, 4) is 0 Å². The zero-order chi connectivity index (χ0) is 10.6. The predicted molar refractivity (Wildman–Crippen MR) is 54.7 cm³/mol. The van der Waals surface area contributed by atoms with Gasteiger partial charge < -0.3 is 5.11 Å². The molecular formula is C10H12O3S. The highest BCUT2D eigenvalue weighted by atomic mass is 32.2. The second kappa shape index (κ2) is 4.39. The van der Waals surface area contributed by atoms with Crippen molar-refractivity contribution < 1.29 is 13.5 Å². The van der Waals surface area contributed by atoms with Gasteiger partial charge in [0, 0.05) is 0 Å². The molecule has 0 spiro atoms. The highest BCUT2D eigenvalue weighted by Crippen LogP contribution is 2.11. The highest BCUT2D eigenvalue weighted by molar-refractivity contribution is 7.91. The summed E-state index contributed by atoms with van der Waals surface area (Å²) >= 11 is 0. The molecule has 4 heteroatoms. The third kappa shape index (κ3) is 2.68. The fourth-order valence-corrected chi connectivity index (χ4v) is 2.37. The topological polar surface area (TPSA) is 54.4 Å². The lowest BCUT2D eigenvalue weighted by molar-refractivity contribution is 0.246. The van der Waals surface area contributed by atoms with E-state index in [-0.39, 0.29) is 10.6 Å². The molecule has 1 atom stereocenters. The van der Waals surface area contributed by atoms with E-state index in [9.17, 15) is 8.42 Å². The molecule has 0 aliphatic heterocycles. The van der Waals surface area contributed by atoms with Crippen LogP contribution in [-0.4, -0.2) is 25.4 Å². The molecule has 1 aromatic carbocycles. The van der Waals surface area contributed by atoms with E-state index in [1.807, 2.05) is 0 Å². The second-order valence-electron chi connectivity index (χ2n) is 2.90. The van der Waals surface area contributed by atoms with Crippen molar-refractivity contribution in [2.24, 2.45) is 0 Å². The third-order valence-electron chi connectivity index (χ3n) is 1.76. The van der Waals surface area contributed by atoms with E-state index in [0.717, 1.165) is 0 Å². The maximum atomic E-state index is 11.6. The summed E-state index contributed by atoms with van der Waals surface area (Å²) in [7, 11) is -3.39. The molecule has 0 heterocycles. The van der Waals surface area contributed by atoms with Gasteiger partial charge in [0.2, 0.25) is 0 Å². The van der Waals surface area contributed by atoms with E-state index >= 15 is 0 Å². The van der Waals surface area contributed by atoms with Crippen LogP contribution < -0.4 is 0 Å². The monoisotopic (exact) mass is 212 g/mol. The lowest BCUT2D eigenvalue weighted by atomic mass is 10.4. The molecule has 0 bridgehead atoms. The summed E-state index contributed by atoms with van der Waals surface area (Å²) in [6.07, 6.45) is 0.195. The second-order valence-corrected chi connectivity index (χ2v) is 4.93. The van der Waals surface area contributed by atoms with Crippen molar-refractivity contribution in [3.63, 3.8) is 0 Å². The van der Waals surface area contributed by atoms with E-state index in [1.165, 1.54) is 18.2 Å². The van der Waals surface area contributed by atoms with Gasteiger partial charge in [-0.25, -0.2) is 8.42 Å². The van der Waals surface area contributed by atoms with Gasteiger partial charge >= 0.3 is 0 Å². The Morgan fingerprint density at radius 2 is 1.93 bits per heavy atom. The molecule has 76 valence electrons. The van der Waals surface area contributed by atoms with Crippen molar-refractivity contribution in [1.29, 1.82) is 0 Å². The van der Waals surface area contributed by atoms with Gasteiger partial charge in [-0.05, 0) is 12.1 Å². The van der Waals surface area contributed by atoms with Crippen LogP contribution in [0.3, 0.4) is 0 Å². The molecule has 1 unspecified atom stereocenters. The summed E-state index contributed by atoms with van der Waals surface area (Å²) in [6.45, 7) is 3.32. The highest BCUT2D eigenvalue weighted by Gasteiger charge is 2.16. The Morgan fingerprint density at radius 1 is 1.36 bits per heavy atom. The van der Waals surface area contributed by atoms with Crippen LogP contribution in [0.15, 0.2) is 47.9 Å². The van der Waals surface area contributed by atoms with Crippen molar-refractivity contribution in [1.82, 2.24) is 0 Å². The molecule has 0 aliphatic rings. The SMILES string of the molecule is C=CC(O)CS(=O)(=O)c1ccccc1. The Kier molecular flexibility index (Phi) is 3.43. The predicted octanol–water partition coefficient (Wildman–Crippen LogP) is 1.01. The van der Waals surface area contributed by atoms with E-state index in [4.69, 9.17) is 5.11 Å². The number of sulfone groups is 1. The number of hydrogen-bond acceptors (Lipinski definition) is 3. The molecule has 3 nitrogen and oxygen atoms in total. The van der Waals surface area contributed by atoms with Crippen LogP contribution in [0.2, 0.25) is 0 Å². The fourth-order valence-electron chi connectivity index (χ4n) is 1.02. The molecule has 0 fully saturated rings. The van der Waals surface area contributed by atoms with Gasteiger partial charge in [0.05, 0.1) is 16.8 Å². The van der Waals surface area contributed by atoms with E-state index < -0.39 is 15.9 Å². The molecule has 0 saturated carbocycles. The van der Waals surface area contributed by atoms with E-state index in [0.29, 0.717) is 0 Å². The van der Waals surface area contributed by atoms with Gasteiger partial charge in [-0.3, -0.25) is 0 Å². The molecule has 1 N–H and O–H groups in total. The molecule has 0 amide bonds. The van der Waals surface area contributed by atoms with Crippen molar-refractivity contribution >= 4 is 9.84 Å². The number of rotatable bonds is 4. The molecule has 1 rings (SSSR count). The summed E-state index contributed by atoms with van der Waals surface area (Å²) in [5, 5.41) is 9.16. The largest absolute Gasteiger partial charge is 0.388 e. The van der Waals surface area contributed by atoms with Crippen LogP contribution in [-0.2, 0) is 9.84 Å². The van der Waals surface area contributed by atoms with Crippen LogP contribution in [0, 0.1) is 0 Å². The molecule has 0 saturated heterocycles. The van der Waals surface area contributed by atoms with Gasteiger partial charge in [-0.1, -0.05) is 24.3 Å². The van der Waals surface area contributed by atoms with Crippen LogP contribution in [0.5, 0.6) is 0 Å². The number of benzene rings is 1. The lowest BCUT2D eigenvalue weighted by Crippen LogP contribution is -2.18. The Bertz CT molecular complexity index is 395. The average molecular weight is 212 g/mol. The van der Waals surface area contributed by atoms with Gasteiger partial charge in [0.25, 0.3) is 0 Å². The van der Waals surface area contributed by atoms with Crippen LogP contribution >= 0.6 is 0 Å². The zero-order valence-corrected chi connectivity index (χ0v) is 8.44. The zero-order valence-electron chi connectivity index (χ0n) is 7.63. The maximum Gasteiger partial charge on any atom is 0.181 e. The Hall–Kier alpha value is -1.13. The Balaban J connectivity index is 2.92. The molecule has 0 aliphatic carbocycles. The lowest BCUT2D eigenvalue weighted by Gasteiger charge is -2.06. The normalized spacial score (nSPS) is 13.5. The first kappa shape index (κ1) is 10.9. The summed E-state index contributed by atoms with van der Waals surface area (Å²) < 4.78 is 23.2. The number of hydrogen-bond donors (Lipinski definition) is 1. The summed E-state index contributed by atoms with van der Waals surface area (Å²) in [6, 6.07) is 8.04. The van der Waals surface area contributed by atoms with Crippen molar-refractivity contribution in [2.75, 3.05) is 5.75 Å². The van der Waals surface area contributed by atoms with E-state index in [2.05, 4.69) is 6.58 Å². The third-order valence-corrected chi connectivity index (χ3v) is 3.54.